The summed E-state index contributed by atoms with van der Waals surface area (Å²) in [4.78, 5) is 44.6. The number of carbonyl (C=O) groups excluding carboxylic acids is 2. The molecule has 0 unspecified atom stereocenters. The van der Waals surface area contributed by atoms with Crippen molar-refractivity contribution in [2.24, 2.45) is 11.5 Å². The van der Waals surface area contributed by atoms with E-state index in [0.29, 0.717) is 19.4 Å². The second-order valence-corrected chi connectivity index (χ2v) is 5.00. The monoisotopic (exact) mass is 332 g/mol. The maximum atomic E-state index is 11.6. The van der Waals surface area contributed by atoms with Crippen LogP contribution in [0.5, 0.6) is 0 Å². The number of hydrogen-bond acceptors (Lipinski definition) is 6. The fourth-order valence-electron chi connectivity index (χ4n) is 1.71. The van der Waals surface area contributed by atoms with Gasteiger partial charge < -0.3 is 32.3 Å². The Morgan fingerprint density at radius 2 is 1.70 bits per heavy atom. The van der Waals surface area contributed by atoms with Crippen LogP contribution >= 0.6 is 0 Å². The van der Waals surface area contributed by atoms with E-state index >= 15 is 0 Å². The third kappa shape index (κ3) is 10.2. The second-order valence-electron chi connectivity index (χ2n) is 5.00. The first kappa shape index (κ1) is 20.8. The maximum absolute atomic E-state index is 11.6. The summed E-state index contributed by atoms with van der Waals surface area (Å²) in [6, 6.07) is -2.09. The van der Waals surface area contributed by atoms with Gasteiger partial charge >= 0.3 is 11.9 Å². The maximum Gasteiger partial charge on any atom is 0.326 e. The number of nitrogens with one attached hydrogen (secondary N) is 2. The molecule has 0 aromatic rings. The minimum atomic E-state index is -1.34. The van der Waals surface area contributed by atoms with Gasteiger partial charge in [0.15, 0.2) is 0 Å². The van der Waals surface area contributed by atoms with Gasteiger partial charge in [-0.2, -0.15) is 0 Å². The van der Waals surface area contributed by atoms with Gasteiger partial charge in [0.25, 0.3) is 0 Å². The Bertz CT molecular complexity index is 429. The summed E-state index contributed by atoms with van der Waals surface area (Å²) >= 11 is 0. The number of carbonyl (C=O) groups is 4. The van der Waals surface area contributed by atoms with Gasteiger partial charge in [0.05, 0.1) is 12.6 Å². The highest BCUT2D eigenvalue weighted by atomic mass is 16.4. The average molecular weight is 332 g/mol. The van der Waals surface area contributed by atoms with E-state index in [1.165, 1.54) is 0 Å². The van der Waals surface area contributed by atoms with E-state index < -0.39 is 48.8 Å². The Balaban J connectivity index is 4.18. The Morgan fingerprint density at radius 1 is 1.04 bits per heavy atom. The lowest BCUT2D eigenvalue weighted by molar-refractivity contribution is -0.143. The molecule has 0 spiro atoms. The van der Waals surface area contributed by atoms with Crippen molar-refractivity contribution < 1.29 is 29.4 Å². The number of carboxylic acids is 2. The molecular formula is C13H24N4O6. The van der Waals surface area contributed by atoms with Crippen molar-refractivity contribution in [3.05, 3.63) is 0 Å². The largest absolute Gasteiger partial charge is 0.481 e. The Morgan fingerprint density at radius 3 is 2.22 bits per heavy atom. The van der Waals surface area contributed by atoms with Crippen molar-refractivity contribution in [2.75, 3.05) is 13.1 Å². The minimum Gasteiger partial charge on any atom is -0.481 e. The Kier molecular flexibility index (Phi) is 10.3. The molecule has 2 atom stereocenters. The number of rotatable bonds is 12. The van der Waals surface area contributed by atoms with Gasteiger partial charge in [-0.25, -0.2) is 4.79 Å². The molecule has 0 aliphatic carbocycles. The number of aliphatic carboxylic acids is 2. The van der Waals surface area contributed by atoms with Crippen molar-refractivity contribution >= 4 is 23.8 Å². The zero-order valence-electron chi connectivity index (χ0n) is 12.8. The molecule has 10 heteroatoms. The SMILES string of the molecule is NCCCC[C@@H](N)C(=O)NCC(=O)N[C@@H](CCC(=O)O)C(=O)O. The first-order chi connectivity index (χ1) is 10.8. The molecule has 0 aromatic carbocycles. The van der Waals surface area contributed by atoms with Crippen molar-refractivity contribution in [1.29, 1.82) is 0 Å². The molecule has 0 saturated heterocycles. The highest BCUT2D eigenvalue weighted by molar-refractivity contribution is 5.89. The first-order valence-corrected chi connectivity index (χ1v) is 7.25. The highest BCUT2D eigenvalue weighted by Crippen LogP contribution is 1.99. The van der Waals surface area contributed by atoms with Gasteiger partial charge in [-0.05, 0) is 25.8 Å². The lowest BCUT2D eigenvalue weighted by Gasteiger charge is -2.15. The molecule has 10 nitrogen and oxygen atoms in total. The molecule has 0 radical (unpaired) electrons. The summed E-state index contributed by atoms with van der Waals surface area (Å²) in [5, 5.41) is 21.9. The Labute approximate surface area is 133 Å². The second kappa shape index (κ2) is 11.4. The summed E-state index contributed by atoms with van der Waals surface area (Å²) in [7, 11) is 0. The third-order valence-corrected chi connectivity index (χ3v) is 3.01. The lowest BCUT2D eigenvalue weighted by Crippen LogP contribution is -2.48. The summed E-state index contributed by atoms with van der Waals surface area (Å²) in [6.45, 7) is 0.0734. The molecule has 0 aromatic heterocycles. The van der Waals surface area contributed by atoms with Crippen LogP contribution in [0.25, 0.3) is 0 Å². The van der Waals surface area contributed by atoms with Gasteiger partial charge in [0.1, 0.15) is 6.04 Å². The summed E-state index contributed by atoms with van der Waals surface area (Å²) < 4.78 is 0. The molecule has 0 aliphatic heterocycles. The average Bonchev–Trinajstić information content (AvgIpc) is 2.48. The topological polar surface area (TPSA) is 185 Å². The fraction of sp³-hybridized carbons (Fsp3) is 0.692. The van der Waals surface area contributed by atoms with E-state index in [-0.39, 0.29) is 6.42 Å². The molecule has 23 heavy (non-hydrogen) atoms. The van der Waals surface area contributed by atoms with Crippen molar-refractivity contribution in [1.82, 2.24) is 10.6 Å². The molecular weight excluding hydrogens is 308 g/mol. The van der Waals surface area contributed by atoms with Crippen LogP contribution in [0, 0.1) is 0 Å². The molecule has 8 N–H and O–H groups in total. The lowest BCUT2D eigenvalue weighted by atomic mass is 10.1. The number of amides is 2. The number of hydrogen-bond donors (Lipinski definition) is 6. The van der Waals surface area contributed by atoms with E-state index in [4.69, 9.17) is 21.7 Å². The van der Waals surface area contributed by atoms with Crippen LogP contribution in [0.3, 0.4) is 0 Å². The van der Waals surface area contributed by atoms with Crippen molar-refractivity contribution in [2.45, 2.75) is 44.2 Å². The Hall–Kier alpha value is -2.20. The van der Waals surface area contributed by atoms with Crippen LogP contribution in [0.2, 0.25) is 0 Å². The van der Waals surface area contributed by atoms with Crippen LogP contribution in [0.15, 0.2) is 0 Å². The minimum absolute atomic E-state index is 0.247. The molecule has 0 rings (SSSR count). The van der Waals surface area contributed by atoms with Crippen LogP contribution in [0.4, 0.5) is 0 Å². The molecule has 0 saturated carbocycles. The van der Waals surface area contributed by atoms with Crippen molar-refractivity contribution in [3.63, 3.8) is 0 Å². The van der Waals surface area contributed by atoms with E-state index in [1.54, 1.807) is 0 Å². The van der Waals surface area contributed by atoms with E-state index in [1.807, 2.05) is 0 Å². The zero-order chi connectivity index (χ0) is 17.8. The fourth-order valence-corrected chi connectivity index (χ4v) is 1.71. The van der Waals surface area contributed by atoms with E-state index in [0.717, 1.165) is 6.42 Å². The molecule has 0 fully saturated rings. The van der Waals surface area contributed by atoms with Gasteiger partial charge in [0, 0.05) is 6.42 Å². The van der Waals surface area contributed by atoms with E-state index in [2.05, 4.69) is 10.6 Å². The standard InChI is InChI=1S/C13H24N4O6/c14-6-2-1-3-8(15)12(21)16-7-10(18)17-9(13(22)23)4-5-11(19)20/h8-9H,1-7,14-15H2,(H,16,21)(H,17,18)(H,19,20)(H,22,23)/t8-,9+/m1/s1. The molecule has 0 bridgehead atoms. The van der Waals surface area contributed by atoms with Crippen molar-refractivity contribution in [3.8, 4) is 0 Å². The normalized spacial score (nSPS) is 13.0. The number of nitrogens with two attached hydrogens (primary N) is 2. The quantitative estimate of drug-likeness (QED) is 0.221. The van der Waals surface area contributed by atoms with Crippen LogP contribution in [0.1, 0.15) is 32.1 Å². The van der Waals surface area contributed by atoms with E-state index in [9.17, 15) is 19.2 Å². The van der Waals surface area contributed by atoms with Gasteiger partial charge in [-0.3, -0.25) is 14.4 Å². The summed E-state index contributed by atoms with van der Waals surface area (Å²) in [5.74, 6) is -3.76. The van der Waals surface area contributed by atoms with Gasteiger partial charge in [-0.15, -0.1) is 0 Å². The van der Waals surface area contributed by atoms with Gasteiger partial charge in [-0.1, -0.05) is 6.42 Å². The molecule has 0 heterocycles. The predicted molar refractivity (Wildman–Crippen MR) is 80.3 cm³/mol. The van der Waals surface area contributed by atoms with Gasteiger partial charge in [0.2, 0.25) is 11.8 Å². The zero-order valence-corrected chi connectivity index (χ0v) is 12.8. The summed E-state index contributed by atoms with van der Waals surface area (Å²) in [6.07, 6.45) is 1.22. The predicted octanol–water partition coefficient (Wildman–Crippen LogP) is -2.01. The highest BCUT2D eigenvalue weighted by Gasteiger charge is 2.21. The number of unbranched alkanes of at least 4 members (excludes halogenated alkanes) is 1. The molecule has 0 aliphatic rings. The smallest absolute Gasteiger partial charge is 0.326 e. The van der Waals surface area contributed by atoms with Crippen LogP contribution in [-0.4, -0.2) is 59.1 Å². The molecule has 2 amide bonds. The van der Waals surface area contributed by atoms with Crippen LogP contribution < -0.4 is 22.1 Å². The first-order valence-electron chi connectivity index (χ1n) is 7.25. The van der Waals surface area contributed by atoms with Crippen LogP contribution in [-0.2, 0) is 19.2 Å². The number of carboxylic acid groups (broad SMARTS) is 2. The molecule has 132 valence electrons. The third-order valence-electron chi connectivity index (χ3n) is 3.01. The summed E-state index contributed by atoms with van der Waals surface area (Å²) in [5.41, 5.74) is 11.0.